The van der Waals surface area contributed by atoms with Crippen LogP contribution in [-0.2, 0) is 14.3 Å². The number of likely N-dealkylation sites (tertiary alicyclic amines) is 1. The Labute approximate surface area is 388 Å². The average molecular weight is 846 g/mol. The van der Waals surface area contributed by atoms with Crippen LogP contribution in [0.3, 0.4) is 0 Å². The summed E-state index contributed by atoms with van der Waals surface area (Å²) < 4.78 is 23.3. The van der Waals surface area contributed by atoms with Crippen LogP contribution in [0, 0.1) is 17.8 Å². The van der Waals surface area contributed by atoms with Gasteiger partial charge in [-0.05, 0) is 83.3 Å². The summed E-state index contributed by atoms with van der Waals surface area (Å²) in [5.74, 6) is 2.66. The van der Waals surface area contributed by atoms with Crippen molar-refractivity contribution in [1.82, 2.24) is 19.9 Å². The van der Waals surface area contributed by atoms with Gasteiger partial charge >= 0.3 is 57.5 Å². The molecule has 2 aliphatic carbocycles. The maximum Gasteiger partial charge on any atom is 1.00 e. The minimum atomic E-state index is -0.725. The zero-order valence-corrected chi connectivity index (χ0v) is 40.3. The zero-order chi connectivity index (χ0) is 41.1. The van der Waals surface area contributed by atoms with Crippen LogP contribution >= 0.6 is 23.7 Å². The molecule has 3 unspecified atom stereocenters. The fourth-order valence-electron chi connectivity index (χ4n) is 6.10. The first kappa shape index (κ1) is 52.4. The summed E-state index contributed by atoms with van der Waals surface area (Å²) in [7, 11) is 3.39. The Hall–Kier alpha value is -1.62. The van der Waals surface area contributed by atoms with Crippen molar-refractivity contribution in [2.45, 2.75) is 137 Å². The molecular weight excluding hydrogens is 779 g/mol. The molecule has 1 aromatic heterocycles. The van der Waals surface area contributed by atoms with E-state index in [-0.39, 0.29) is 69.4 Å². The summed E-state index contributed by atoms with van der Waals surface area (Å²) in [6.07, 6.45) is 14.4. The second kappa shape index (κ2) is 27.2. The van der Waals surface area contributed by atoms with Crippen molar-refractivity contribution in [3.05, 3.63) is 46.3 Å². The second-order valence-electron chi connectivity index (χ2n) is 15.3. The molecule has 3 aliphatic rings. The molecule has 12 nitrogen and oxygen atoms in total. The van der Waals surface area contributed by atoms with Crippen molar-refractivity contribution in [3.8, 4) is 11.6 Å². The number of aromatic nitrogens is 1. The molecule has 4 N–H and O–H groups in total. The van der Waals surface area contributed by atoms with E-state index in [0.717, 1.165) is 55.3 Å². The van der Waals surface area contributed by atoms with Crippen molar-refractivity contribution < 1.29 is 80.0 Å². The maximum absolute atomic E-state index is 13.1. The molecule has 6 atom stereocenters. The number of hydrogen-bond donors (Lipinski definition) is 3. The Morgan fingerprint density at radius 3 is 2.45 bits per heavy atom. The number of primary amides is 1. The molecule has 310 valence electrons. The first-order chi connectivity index (χ1) is 26.1. The summed E-state index contributed by atoms with van der Waals surface area (Å²) in [4.78, 5) is 40.1. The first-order valence-corrected chi connectivity index (χ1v) is 20.7. The van der Waals surface area contributed by atoms with Gasteiger partial charge < -0.3 is 34.9 Å². The number of pyridine rings is 1. The molecule has 1 aliphatic heterocycles. The molecule has 3 fully saturated rings. The van der Waals surface area contributed by atoms with E-state index >= 15 is 0 Å². The molecule has 0 radical (unpaired) electrons. The van der Waals surface area contributed by atoms with Crippen LogP contribution < -0.4 is 76.6 Å². The predicted molar refractivity (Wildman–Crippen MR) is 225 cm³/mol. The van der Waals surface area contributed by atoms with Gasteiger partial charge in [0.2, 0.25) is 18.2 Å². The third-order valence-corrected chi connectivity index (χ3v) is 10.1. The van der Waals surface area contributed by atoms with Gasteiger partial charge in [-0.3, -0.25) is 14.3 Å². The molecule has 0 spiro atoms. The number of allylic oxidation sites excluding steroid dienone is 1. The topological polar surface area (TPSA) is 159 Å². The van der Waals surface area contributed by atoms with E-state index in [1.54, 1.807) is 41.1 Å². The van der Waals surface area contributed by atoms with Crippen molar-refractivity contribution in [2.24, 2.45) is 23.5 Å². The van der Waals surface area contributed by atoms with E-state index in [0.29, 0.717) is 53.4 Å². The van der Waals surface area contributed by atoms with Crippen LogP contribution in [0.5, 0.6) is 11.6 Å². The molecular formula is C41H66ClKN6O6S. The van der Waals surface area contributed by atoms with Gasteiger partial charge in [-0.25, -0.2) is 21.9 Å². The van der Waals surface area contributed by atoms with Crippen molar-refractivity contribution in [1.29, 1.82) is 0 Å². The molecule has 2 heterocycles. The number of nitrogens with two attached hydrogens (primary N) is 1. The van der Waals surface area contributed by atoms with Gasteiger partial charge in [0.1, 0.15) is 17.5 Å². The van der Waals surface area contributed by atoms with Crippen LogP contribution in [0.25, 0.3) is 15.5 Å². The third-order valence-electron chi connectivity index (χ3n) is 9.13. The average Bonchev–Trinajstić information content (AvgIpc) is 4.06. The van der Waals surface area contributed by atoms with Crippen LogP contribution in [0.15, 0.2) is 36.5 Å². The van der Waals surface area contributed by atoms with E-state index in [4.69, 9.17) is 26.8 Å². The summed E-state index contributed by atoms with van der Waals surface area (Å²) in [6.45, 7) is 16.3. The minimum Gasteiger partial charge on any atom is -0.595 e. The number of carbonyl (C=O) groups is 3. The van der Waals surface area contributed by atoms with Gasteiger partial charge in [0.25, 0.3) is 0 Å². The number of nitrogens with one attached hydrogen (secondary N) is 2. The molecule has 0 bridgehead atoms. The molecule has 3 amide bonds. The number of rotatable bonds is 16. The van der Waals surface area contributed by atoms with Crippen molar-refractivity contribution in [3.63, 3.8) is 0 Å². The Bertz CT molecular complexity index is 1510. The van der Waals surface area contributed by atoms with Crippen LogP contribution in [0.2, 0.25) is 5.02 Å². The summed E-state index contributed by atoms with van der Waals surface area (Å²) in [5.41, 5.74) is 4.26. The molecule has 2 aromatic rings. The normalized spacial score (nSPS) is 20.7. The molecule has 1 saturated heterocycles. The van der Waals surface area contributed by atoms with Gasteiger partial charge in [0, 0.05) is 41.7 Å². The number of methoxy groups -OCH3 is 1. The summed E-state index contributed by atoms with van der Waals surface area (Å²) in [6, 6.07) is 6.85. The maximum atomic E-state index is 13.1. The Kier molecular flexibility index (Phi) is 25.4. The first-order valence-electron chi connectivity index (χ1n) is 19.6. The van der Waals surface area contributed by atoms with E-state index in [9.17, 15) is 14.4 Å². The Morgan fingerprint density at radius 2 is 1.88 bits per heavy atom. The largest absolute Gasteiger partial charge is 1.00 e. The van der Waals surface area contributed by atoms with Crippen molar-refractivity contribution >= 4 is 52.9 Å². The predicted octanol–water partition coefficient (Wildman–Crippen LogP) is 6.00. The van der Waals surface area contributed by atoms with Gasteiger partial charge in [0.15, 0.2) is 0 Å². The van der Waals surface area contributed by atoms with E-state index in [1.807, 2.05) is 36.9 Å². The minimum absolute atomic E-state index is 0. The molecule has 5 rings (SSSR count). The molecule has 2 saturated carbocycles. The number of nitrogens with zero attached hydrogens (tertiary/aromatic N) is 3. The van der Waals surface area contributed by atoms with Gasteiger partial charge in [-0.15, -0.1) is 0 Å². The molecule has 56 heavy (non-hydrogen) atoms. The smallest absolute Gasteiger partial charge is 0.595 e. The standard InChI is InChI=1S/C30H40ClN3O4.C5H11NO2.C4H9N2S.C2H6.K/c1-19(11-12-22-15-26(22)33-18-35)7-5-8-20(2)13-28(36)34-17-23(14-21(34)3)38-30-24-9-6-10-25(31)29(24)27(37-4)16-32-30;1-5(2,3)8-4(6)7;1-5-7-6-4-2-3-4;1-2;/h6,9-12,16,18-23,26H,5,7-8,13-15,17H2,1-4H3,(H,33,35);1-3H3,(H2,6,7);4,6H,2-3H2,1H3;1-2H3;/q;;-1;;+1/b12-11-;;;;/t19-,20?,21?,22+,23+,26?;;;;/m0..../s1. The number of hydrogen-bond acceptors (Lipinski definition) is 9. The second-order valence-corrected chi connectivity index (χ2v) is 16.4. The number of ether oxygens (including phenoxy) is 3. The summed E-state index contributed by atoms with van der Waals surface area (Å²) >= 11 is 7.89. The van der Waals surface area contributed by atoms with Crippen LogP contribution in [0.4, 0.5) is 4.79 Å². The SMILES string of the molecule is CC.CC(C)(C)OC(N)=O.COc1cnc(O[C@@H]2CC(C)N(C(=O)CC(C)CCC[C@H](C)/C=C\[C@@H]3CC3NC=O)C2)c2cccc(Cl)c12.C[N-]SNC1CC1.[K+]. The number of benzene rings is 1. The summed E-state index contributed by atoms with van der Waals surface area (Å²) in [5, 5.41) is 5.01. The zero-order valence-electron chi connectivity index (χ0n) is 35.6. The third kappa shape index (κ3) is 19.9. The molecule has 1 aromatic carbocycles. The quantitative estimate of drug-likeness (QED) is 0.0798. The number of carbonyl (C=O) groups excluding carboxylic acids is 3. The van der Waals surface area contributed by atoms with E-state index in [1.165, 1.54) is 25.0 Å². The number of halogens is 1. The van der Waals surface area contributed by atoms with Gasteiger partial charge in [0.05, 0.1) is 24.9 Å². The van der Waals surface area contributed by atoms with Gasteiger partial charge in [-0.2, -0.15) is 7.05 Å². The fraction of sp³-hybridized carbons (Fsp3) is 0.659. The van der Waals surface area contributed by atoms with E-state index < -0.39 is 11.7 Å². The van der Waals surface area contributed by atoms with Gasteiger partial charge in [-0.1, -0.05) is 70.4 Å². The number of fused-ring (bicyclic) bond motifs is 1. The van der Waals surface area contributed by atoms with E-state index in [2.05, 4.69) is 57.4 Å². The Morgan fingerprint density at radius 1 is 1.18 bits per heavy atom. The monoisotopic (exact) mass is 844 g/mol. The fourth-order valence-corrected chi connectivity index (χ4v) is 6.85. The van der Waals surface area contributed by atoms with Crippen molar-refractivity contribution in [2.75, 3.05) is 20.7 Å². The van der Waals surface area contributed by atoms with Crippen LogP contribution in [0.1, 0.15) is 107 Å². The Balaban J connectivity index is 0.000000724. The van der Waals surface area contributed by atoms with Crippen LogP contribution in [-0.4, -0.2) is 78.8 Å². The number of amides is 3. The molecule has 15 heteroatoms.